The Hall–Kier alpha value is -4.40. The highest BCUT2D eigenvalue weighted by atomic mass is 35.5. The fourth-order valence-corrected chi connectivity index (χ4v) is 12.9. The Balaban J connectivity index is 0.000000197. The van der Waals surface area contributed by atoms with Gasteiger partial charge in [0.15, 0.2) is 0 Å². The first-order chi connectivity index (χ1) is 27.7. The van der Waals surface area contributed by atoms with Gasteiger partial charge in [0.1, 0.15) is 19.5 Å². The van der Waals surface area contributed by atoms with Crippen LogP contribution in [0.4, 0.5) is 4.79 Å². The minimum Gasteiger partial charge on any atom is -0.480 e. The molecule has 0 bridgehead atoms. The highest BCUT2D eigenvalue weighted by Gasteiger charge is 2.64. The molecule has 2 aliphatic heterocycles. The van der Waals surface area contributed by atoms with Crippen molar-refractivity contribution in [2.75, 3.05) is 33.3 Å². The van der Waals surface area contributed by atoms with Gasteiger partial charge in [-0.05, 0) is 78.8 Å². The number of benzene rings is 2. The van der Waals surface area contributed by atoms with Crippen LogP contribution in [0.15, 0.2) is 105 Å². The van der Waals surface area contributed by atoms with Crippen LogP contribution in [-0.4, -0.2) is 94.3 Å². The number of carbonyl (C=O) groups is 3. The number of carboxylic acid groups (broad SMARTS) is 2. The zero-order chi connectivity index (χ0) is 41.3. The third kappa shape index (κ3) is 9.34. The summed E-state index contributed by atoms with van der Waals surface area (Å²) in [7, 11) is -6.60. The van der Waals surface area contributed by atoms with Gasteiger partial charge in [0.25, 0.3) is 20.0 Å². The monoisotopic (exact) mass is 902 g/mol. The van der Waals surface area contributed by atoms with Crippen molar-refractivity contribution in [3.63, 3.8) is 0 Å². The van der Waals surface area contributed by atoms with E-state index in [1.165, 1.54) is 24.5 Å². The van der Waals surface area contributed by atoms with Crippen molar-refractivity contribution in [2.24, 2.45) is 0 Å². The fraction of sp³-hybridized carbons (Fsp3) is 0.325. The van der Waals surface area contributed by atoms with Gasteiger partial charge in [-0.15, -0.1) is 35.1 Å². The van der Waals surface area contributed by atoms with Crippen LogP contribution in [-0.2, 0) is 34.4 Å². The number of nitrogens with one attached hydrogen (secondary N) is 3. The number of ether oxygens (including phenoxy) is 1. The molecule has 14 nitrogen and oxygen atoms in total. The Bertz CT molecular complexity index is 2490. The van der Waals surface area contributed by atoms with Crippen molar-refractivity contribution in [3.05, 3.63) is 118 Å². The Morgan fingerprint density at radius 1 is 0.729 bits per heavy atom. The number of sulfonamides is 2. The molecular formula is C40H43ClN4O10S4. The van der Waals surface area contributed by atoms with E-state index in [2.05, 4.69) is 20.8 Å². The molecule has 8 rings (SSSR count). The van der Waals surface area contributed by atoms with Crippen molar-refractivity contribution in [3.8, 4) is 0 Å². The van der Waals surface area contributed by atoms with E-state index in [-0.39, 0.29) is 39.6 Å². The maximum absolute atomic E-state index is 13.0. The first-order valence-electron chi connectivity index (χ1n) is 18.5. The van der Waals surface area contributed by atoms with E-state index in [1.807, 2.05) is 42.5 Å². The molecule has 2 unspecified atom stereocenters. The first-order valence-corrected chi connectivity index (χ1v) is 23.1. The second-order valence-corrected chi connectivity index (χ2v) is 20.4. The second kappa shape index (κ2) is 17.7. The van der Waals surface area contributed by atoms with Crippen LogP contribution in [0, 0.1) is 0 Å². The summed E-state index contributed by atoms with van der Waals surface area (Å²) in [5, 5.41) is 22.7. The molecule has 2 aliphatic carbocycles. The number of rotatable bonds is 12. The summed E-state index contributed by atoms with van der Waals surface area (Å²) in [6.07, 6.45) is 5.43. The summed E-state index contributed by atoms with van der Waals surface area (Å²) in [4.78, 5) is 38.7. The van der Waals surface area contributed by atoms with E-state index < -0.39 is 55.1 Å². The molecule has 0 radical (unpaired) electrons. The fourth-order valence-electron chi connectivity index (χ4n) is 7.38. The highest BCUT2D eigenvalue weighted by molar-refractivity contribution is 7.92. The van der Waals surface area contributed by atoms with Gasteiger partial charge in [0.2, 0.25) is 0 Å². The molecule has 4 heterocycles. The quantitative estimate of drug-likeness (QED) is 0.116. The average Bonchev–Trinajstić information content (AvgIpc) is 3.94. The zero-order valence-corrected chi connectivity index (χ0v) is 35.8. The third-order valence-corrected chi connectivity index (χ3v) is 17.1. The largest absolute Gasteiger partial charge is 0.480 e. The van der Waals surface area contributed by atoms with Gasteiger partial charge in [-0.25, -0.2) is 21.6 Å². The number of carbonyl (C=O) groups excluding carboxylic acids is 1. The molecule has 4 aromatic rings. The van der Waals surface area contributed by atoms with Gasteiger partial charge in [-0.1, -0.05) is 72.8 Å². The van der Waals surface area contributed by atoms with Crippen LogP contribution >= 0.6 is 35.1 Å². The molecule has 59 heavy (non-hydrogen) atoms. The van der Waals surface area contributed by atoms with Crippen LogP contribution in [0.1, 0.15) is 58.4 Å². The standard InChI is InChI=1S/C21H22N2O6S2.C19H20N2O4S2.ClH/c1-29-20(26)23-11-9-15(10-12-23)17-7-8-18(30-17)31(27,28)22-21(19(24)25)13-16(21)14-5-3-2-4-6-14;22-18(23)19(12-15(19)13-4-2-1-3-5-13)21-27(24,25)17-7-6-16(26-17)14-8-10-20-11-9-14;/h2-9,16,22H,10-13H2,1H3,(H,24,25);1-8,15,20-21H,9-12H2,(H,22,23);1H/t16?,21-;15?,19-;/m00./s1. The Kier molecular flexibility index (Phi) is 13.2. The molecule has 4 atom stereocenters. The van der Waals surface area contributed by atoms with Crippen molar-refractivity contribution in [1.82, 2.24) is 19.7 Å². The van der Waals surface area contributed by atoms with Gasteiger partial charge >= 0.3 is 18.0 Å². The third-order valence-electron chi connectivity index (χ3n) is 10.8. The second-order valence-electron chi connectivity index (χ2n) is 14.4. The lowest BCUT2D eigenvalue weighted by Gasteiger charge is -2.24. The number of nitrogens with zero attached hydrogens (tertiary/aromatic N) is 1. The molecule has 4 aliphatic rings. The van der Waals surface area contributed by atoms with Gasteiger partial charge in [-0.2, -0.15) is 9.44 Å². The minimum atomic E-state index is -4.01. The lowest BCUT2D eigenvalue weighted by atomic mass is 10.1. The summed E-state index contributed by atoms with van der Waals surface area (Å²) in [6, 6.07) is 24.8. The van der Waals surface area contributed by atoms with Gasteiger partial charge in [0, 0.05) is 41.2 Å². The number of amides is 1. The lowest BCUT2D eigenvalue weighted by molar-refractivity contribution is -0.141. The molecule has 0 spiro atoms. The van der Waals surface area contributed by atoms with E-state index >= 15 is 0 Å². The molecule has 0 saturated heterocycles. The molecule has 5 N–H and O–H groups in total. The Morgan fingerprint density at radius 3 is 1.59 bits per heavy atom. The number of aliphatic carboxylic acids is 2. The van der Waals surface area contributed by atoms with Crippen molar-refractivity contribution in [1.29, 1.82) is 0 Å². The summed E-state index contributed by atoms with van der Waals surface area (Å²) in [5.74, 6) is -3.10. The molecule has 19 heteroatoms. The molecule has 2 fully saturated rings. The number of thiophene rings is 2. The molecular weight excluding hydrogens is 860 g/mol. The molecule has 314 valence electrons. The van der Waals surface area contributed by atoms with E-state index in [0.717, 1.165) is 62.9 Å². The maximum Gasteiger partial charge on any atom is 0.409 e. The Morgan fingerprint density at radius 2 is 1.20 bits per heavy atom. The first kappa shape index (κ1) is 44.2. The van der Waals surface area contributed by atoms with E-state index in [0.29, 0.717) is 19.5 Å². The van der Waals surface area contributed by atoms with Gasteiger partial charge < -0.3 is 25.2 Å². The van der Waals surface area contributed by atoms with E-state index in [9.17, 15) is 41.4 Å². The average molecular weight is 904 g/mol. The molecule has 2 aromatic carbocycles. The van der Waals surface area contributed by atoms with Gasteiger partial charge in [0.05, 0.1) is 7.11 Å². The summed E-state index contributed by atoms with van der Waals surface area (Å²) >= 11 is 2.28. The summed E-state index contributed by atoms with van der Waals surface area (Å²) in [5.41, 5.74) is 0.694. The van der Waals surface area contributed by atoms with Crippen LogP contribution in [0.2, 0.25) is 0 Å². The number of carboxylic acids is 2. The topological polar surface area (TPSA) is 209 Å². The minimum absolute atomic E-state index is 0. The smallest absolute Gasteiger partial charge is 0.409 e. The van der Waals surface area contributed by atoms with Crippen molar-refractivity contribution < 1.29 is 46.2 Å². The summed E-state index contributed by atoms with van der Waals surface area (Å²) < 4.78 is 61.6. The molecule has 1 amide bonds. The number of halogens is 1. The van der Waals surface area contributed by atoms with Crippen LogP contribution < -0.4 is 14.8 Å². The van der Waals surface area contributed by atoms with Crippen molar-refractivity contribution >= 4 is 84.3 Å². The van der Waals surface area contributed by atoms with Gasteiger partial charge in [-0.3, -0.25) is 9.59 Å². The predicted octanol–water partition coefficient (Wildman–Crippen LogP) is 5.73. The lowest BCUT2D eigenvalue weighted by Crippen LogP contribution is -2.44. The number of methoxy groups -OCH3 is 1. The molecule has 2 aromatic heterocycles. The van der Waals surface area contributed by atoms with Crippen LogP contribution in [0.5, 0.6) is 0 Å². The maximum atomic E-state index is 13.0. The van der Waals surface area contributed by atoms with Crippen LogP contribution in [0.25, 0.3) is 11.1 Å². The summed E-state index contributed by atoms with van der Waals surface area (Å²) in [6.45, 7) is 2.51. The zero-order valence-electron chi connectivity index (χ0n) is 31.7. The van der Waals surface area contributed by atoms with Crippen molar-refractivity contribution in [2.45, 2.75) is 57.0 Å². The predicted molar refractivity (Wildman–Crippen MR) is 227 cm³/mol. The van der Waals surface area contributed by atoms with E-state index in [1.54, 1.807) is 47.4 Å². The van der Waals surface area contributed by atoms with E-state index in [4.69, 9.17) is 4.74 Å². The van der Waals surface area contributed by atoms with Crippen LogP contribution in [0.3, 0.4) is 0 Å². The Labute approximate surface area is 356 Å². The number of hydrogen-bond donors (Lipinski definition) is 5. The highest BCUT2D eigenvalue weighted by Crippen LogP contribution is 2.53. The SMILES string of the molecule is COC(=O)N1CC=C(c2ccc(S(=O)(=O)N[C@@]3(C(=O)O)CC3c3ccccc3)s2)CC1.Cl.O=C(O)[C@]1(NS(=O)(=O)c2ccc(C3=CCNCC3)s2)CC1c1ccccc1. The normalized spacial score (nSPS) is 23.6. The number of hydrogen-bond acceptors (Lipinski definition) is 11. The molecule has 2 saturated carbocycles.